The van der Waals surface area contributed by atoms with Gasteiger partial charge in [-0.3, -0.25) is 0 Å². The minimum absolute atomic E-state index is 0.0659. The van der Waals surface area contributed by atoms with Crippen LogP contribution in [0.1, 0.15) is 20.8 Å². The maximum atomic E-state index is 12.5. The summed E-state index contributed by atoms with van der Waals surface area (Å²) in [6, 6.07) is 15.5. The van der Waals surface area contributed by atoms with E-state index in [1.165, 1.54) is 0 Å². The zero-order valence-electron chi connectivity index (χ0n) is 16.9. The molecule has 0 saturated carbocycles. The Balaban J connectivity index is 1.49. The van der Waals surface area contributed by atoms with Gasteiger partial charge in [-0.15, -0.1) is 0 Å². The lowest BCUT2D eigenvalue weighted by molar-refractivity contribution is 0.208. The van der Waals surface area contributed by atoms with Crippen molar-refractivity contribution in [2.75, 3.05) is 43.0 Å². The second-order valence-corrected chi connectivity index (χ2v) is 7.02. The minimum Gasteiger partial charge on any atom is -0.494 e. The van der Waals surface area contributed by atoms with E-state index in [-0.39, 0.29) is 12.1 Å². The first kappa shape index (κ1) is 19.9. The van der Waals surface area contributed by atoms with Crippen LogP contribution in [-0.2, 0) is 0 Å². The zero-order chi connectivity index (χ0) is 19.9. The second kappa shape index (κ2) is 9.35. The molecular formula is C22H29N3O3. The lowest BCUT2D eigenvalue weighted by Crippen LogP contribution is -2.50. The lowest BCUT2D eigenvalue weighted by atomic mass is 10.2. The van der Waals surface area contributed by atoms with Crippen LogP contribution in [0.3, 0.4) is 0 Å². The molecular weight excluding hydrogens is 354 g/mol. The average molecular weight is 383 g/mol. The molecule has 0 spiro atoms. The number of carbonyl (C=O) groups excluding carboxylic acids is 1. The first-order valence-corrected chi connectivity index (χ1v) is 9.85. The van der Waals surface area contributed by atoms with E-state index in [0.29, 0.717) is 19.7 Å². The van der Waals surface area contributed by atoms with Gasteiger partial charge in [0.1, 0.15) is 11.5 Å². The molecule has 3 rings (SSSR count). The van der Waals surface area contributed by atoms with Gasteiger partial charge < -0.3 is 24.6 Å². The third-order valence-electron chi connectivity index (χ3n) is 4.56. The largest absolute Gasteiger partial charge is 0.494 e. The van der Waals surface area contributed by atoms with Crippen LogP contribution in [-0.4, -0.2) is 49.8 Å². The van der Waals surface area contributed by atoms with Crippen LogP contribution in [0, 0.1) is 0 Å². The molecule has 28 heavy (non-hydrogen) atoms. The summed E-state index contributed by atoms with van der Waals surface area (Å²) in [6.45, 7) is 9.62. The Morgan fingerprint density at radius 2 is 1.57 bits per heavy atom. The first-order valence-electron chi connectivity index (χ1n) is 9.85. The van der Waals surface area contributed by atoms with Crippen molar-refractivity contribution in [3.63, 3.8) is 0 Å². The van der Waals surface area contributed by atoms with Gasteiger partial charge in [0.15, 0.2) is 0 Å². The fourth-order valence-electron chi connectivity index (χ4n) is 3.18. The van der Waals surface area contributed by atoms with Crippen molar-refractivity contribution in [2.45, 2.75) is 26.9 Å². The second-order valence-electron chi connectivity index (χ2n) is 7.02. The normalized spacial score (nSPS) is 14.1. The van der Waals surface area contributed by atoms with Crippen molar-refractivity contribution < 1.29 is 14.3 Å². The van der Waals surface area contributed by atoms with E-state index >= 15 is 0 Å². The minimum atomic E-state index is -0.0659. The van der Waals surface area contributed by atoms with Crippen molar-refractivity contribution in [1.82, 2.24) is 4.90 Å². The van der Waals surface area contributed by atoms with Crippen molar-refractivity contribution in [2.24, 2.45) is 0 Å². The number of rotatable bonds is 6. The molecule has 150 valence electrons. The van der Waals surface area contributed by atoms with E-state index < -0.39 is 0 Å². The number of nitrogens with zero attached hydrogens (tertiary/aromatic N) is 2. The third kappa shape index (κ3) is 5.31. The van der Waals surface area contributed by atoms with E-state index in [1.807, 2.05) is 62.1 Å². The number of urea groups is 1. The smallest absolute Gasteiger partial charge is 0.321 e. The van der Waals surface area contributed by atoms with Crippen molar-refractivity contribution in [3.8, 4) is 11.5 Å². The number of carbonyl (C=O) groups is 1. The van der Waals surface area contributed by atoms with Gasteiger partial charge in [0.25, 0.3) is 0 Å². The molecule has 1 saturated heterocycles. The van der Waals surface area contributed by atoms with Gasteiger partial charge in [0.05, 0.1) is 12.7 Å². The number of amides is 2. The highest BCUT2D eigenvalue weighted by molar-refractivity contribution is 5.89. The highest BCUT2D eigenvalue weighted by atomic mass is 16.5. The van der Waals surface area contributed by atoms with Gasteiger partial charge in [-0.25, -0.2) is 4.79 Å². The summed E-state index contributed by atoms with van der Waals surface area (Å²) in [5, 5.41) is 2.96. The van der Waals surface area contributed by atoms with Crippen molar-refractivity contribution in [3.05, 3.63) is 48.5 Å². The Morgan fingerprint density at radius 3 is 2.14 bits per heavy atom. The molecule has 0 unspecified atom stereocenters. The standard InChI is InChI=1S/C22H29N3O3/c1-4-27-20-11-7-19(8-12-20)24-13-15-25(16-14-24)22(26)23-18-5-9-21(10-6-18)28-17(2)3/h5-12,17H,4,13-16H2,1-3H3,(H,23,26). The van der Waals surface area contributed by atoms with Gasteiger partial charge in [-0.1, -0.05) is 0 Å². The Hall–Kier alpha value is -2.89. The molecule has 1 fully saturated rings. The molecule has 2 amide bonds. The van der Waals surface area contributed by atoms with E-state index in [4.69, 9.17) is 9.47 Å². The monoisotopic (exact) mass is 383 g/mol. The molecule has 1 aliphatic heterocycles. The molecule has 0 aromatic heterocycles. The Kier molecular flexibility index (Phi) is 6.63. The number of piperazine rings is 1. The Bertz CT molecular complexity index is 752. The molecule has 1 heterocycles. The van der Waals surface area contributed by atoms with Gasteiger partial charge in [0, 0.05) is 37.6 Å². The Morgan fingerprint density at radius 1 is 0.964 bits per heavy atom. The molecule has 1 aliphatic rings. The Labute approximate surface area is 167 Å². The average Bonchev–Trinajstić information content (AvgIpc) is 2.70. The van der Waals surface area contributed by atoms with Crippen LogP contribution >= 0.6 is 0 Å². The molecule has 0 aliphatic carbocycles. The number of benzene rings is 2. The van der Waals surface area contributed by atoms with Crippen LogP contribution in [0.15, 0.2) is 48.5 Å². The van der Waals surface area contributed by atoms with E-state index in [2.05, 4.69) is 22.3 Å². The van der Waals surface area contributed by atoms with Crippen LogP contribution < -0.4 is 19.7 Å². The summed E-state index contributed by atoms with van der Waals surface area (Å²) in [7, 11) is 0. The maximum absolute atomic E-state index is 12.5. The molecule has 0 radical (unpaired) electrons. The molecule has 2 aromatic rings. The fourth-order valence-corrected chi connectivity index (χ4v) is 3.18. The molecule has 0 atom stereocenters. The molecule has 1 N–H and O–H groups in total. The summed E-state index contributed by atoms with van der Waals surface area (Å²) < 4.78 is 11.1. The van der Waals surface area contributed by atoms with Gasteiger partial charge >= 0.3 is 6.03 Å². The van der Waals surface area contributed by atoms with Gasteiger partial charge in [0.2, 0.25) is 0 Å². The van der Waals surface area contributed by atoms with Crippen molar-refractivity contribution >= 4 is 17.4 Å². The van der Waals surface area contributed by atoms with Crippen LogP contribution in [0.4, 0.5) is 16.2 Å². The van der Waals surface area contributed by atoms with Gasteiger partial charge in [-0.05, 0) is 69.3 Å². The number of hydrogen-bond donors (Lipinski definition) is 1. The molecule has 6 nitrogen and oxygen atoms in total. The van der Waals surface area contributed by atoms with Crippen molar-refractivity contribution in [1.29, 1.82) is 0 Å². The predicted octanol–water partition coefficient (Wildman–Crippen LogP) is 4.23. The fraction of sp³-hybridized carbons (Fsp3) is 0.409. The van der Waals surface area contributed by atoms with E-state index in [0.717, 1.165) is 36.0 Å². The number of ether oxygens (including phenoxy) is 2. The molecule has 0 bridgehead atoms. The third-order valence-corrected chi connectivity index (χ3v) is 4.56. The molecule has 2 aromatic carbocycles. The predicted molar refractivity (Wildman–Crippen MR) is 113 cm³/mol. The van der Waals surface area contributed by atoms with Crippen LogP contribution in [0.25, 0.3) is 0 Å². The van der Waals surface area contributed by atoms with E-state index in [1.54, 1.807) is 0 Å². The number of nitrogens with one attached hydrogen (secondary N) is 1. The molecule has 6 heteroatoms. The maximum Gasteiger partial charge on any atom is 0.321 e. The summed E-state index contributed by atoms with van der Waals surface area (Å²) in [5.41, 5.74) is 1.93. The number of hydrogen-bond acceptors (Lipinski definition) is 4. The first-order chi connectivity index (χ1) is 13.5. The van der Waals surface area contributed by atoms with Gasteiger partial charge in [-0.2, -0.15) is 0 Å². The van der Waals surface area contributed by atoms with Crippen LogP contribution in [0.5, 0.6) is 11.5 Å². The quantitative estimate of drug-likeness (QED) is 0.811. The SMILES string of the molecule is CCOc1ccc(N2CCN(C(=O)Nc3ccc(OC(C)C)cc3)CC2)cc1. The summed E-state index contributed by atoms with van der Waals surface area (Å²) in [5.74, 6) is 1.69. The lowest BCUT2D eigenvalue weighted by Gasteiger charge is -2.36. The number of anilines is 2. The summed E-state index contributed by atoms with van der Waals surface area (Å²) >= 11 is 0. The zero-order valence-corrected chi connectivity index (χ0v) is 16.9. The topological polar surface area (TPSA) is 54.0 Å². The summed E-state index contributed by atoms with van der Waals surface area (Å²) in [6.07, 6.45) is 0.132. The summed E-state index contributed by atoms with van der Waals surface area (Å²) in [4.78, 5) is 16.7. The highest BCUT2D eigenvalue weighted by Gasteiger charge is 2.21. The highest BCUT2D eigenvalue weighted by Crippen LogP contribution is 2.21. The van der Waals surface area contributed by atoms with Crippen LogP contribution in [0.2, 0.25) is 0 Å². The van der Waals surface area contributed by atoms with E-state index in [9.17, 15) is 4.79 Å².